The molecule has 0 fully saturated rings. The van der Waals surface area contributed by atoms with E-state index in [2.05, 4.69) is 29.1 Å². The summed E-state index contributed by atoms with van der Waals surface area (Å²) in [5.74, 6) is 0.0366. The molecular weight excluding hydrogens is 288 g/mol. The molecule has 1 aromatic heterocycles. The summed E-state index contributed by atoms with van der Waals surface area (Å²) < 4.78 is 0. The van der Waals surface area contributed by atoms with Gasteiger partial charge in [0.1, 0.15) is 0 Å². The Balaban J connectivity index is 2.26. The maximum absolute atomic E-state index is 12.3. The lowest BCUT2D eigenvalue weighted by Gasteiger charge is -2.16. The first-order chi connectivity index (χ1) is 11.1. The van der Waals surface area contributed by atoms with Gasteiger partial charge in [-0.25, -0.2) is 0 Å². The Morgan fingerprint density at radius 2 is 2.04 bits per heavy atom. The molecule has 0 aliphatic carbocycles. The van der Waals surface area contributed by atoms with Crippen LogP contribution in [0.2, 0.25) is 0 Å². The molecule has 2 rings (SSSR count). The first-order valence-electron chi connectivity index (χ1n) is 8.13. The lowest BCUT2D eigenvalue weighted by Crippen LogP contribution is -2.26. The van der Waals surface area contributed by atoms with Crippen LogP contribution < -0.4 is 0 Å². The van der Waals surface area contributed by atoms with Gasteiger partial charge >= 0.3 is 0 Å². The molecule has 2 aromatic rings. The Morgan fingerprint density at radius 3 is 2.74 bits per heavy atom. The van der Waals surface area contributed by atoms with Crippen LogP contribution in [0.1, 0.15) is 36.2 Å². The molecule has 0 spiro atoms. The summed E-state index contributed by atoms with van der Waals surface area (Å²) in [4.78, 5) is 16.3. The average Bonchev–Trinajstić information content (AvgIpc) is 3.01. The molecule has 0 unspecified atom stereocenters. The van der Waals surface area contributed by atoms with Crippen molar-refractivity contribution in [2.45, 2.75) is 26.8 Å². The molecule has 1 aromatic carbocycles. The second-order valence-electron chi connectivity index (χ2n) is 5.90. The van der Waals surface area contributed by atoms with Gasteiger partial charge in [-0.05, 0) is 39.1 Å². The van der Waals surface area contributed by atoms with Crippen LogP contribution in [0.5, 0.6) is 0 Å². The van der Waals surface area contributed by atoms with E-state index in [-0.39, 0.29) is 5.91 Å². The molecule has 0 aliphatic rings. The van der Waals surface area contributed by atoms with Gasteiger partial charge in [-0.1, -0.05) is 19.1 Å². The summed E-state index contributed by atoms with van der Waals surface area (Å²) in [6.45, 7) is 6.72. The Labute approximate surface area is 138 Å². The van der Waals surface area contributed by atoms with Gasteiger partial charge < -0.3 is 9.80 Å². The van der Waals surface area contributed by atoms with Gasteiger partial charge in [-0.15, -0.1) is 0 Å². The van der Waals surface area contributed by atoms with Crippen molar-refractivity contribution in [3.8, 4) is 11.3 Å². The van der Waals surface area contributed by atoms with Crippen LogP contribution in [0.25, 0.3) is 11.3 Å². The summed E-state index contributed by atoms with van der Waals surface area (Å²) in [7, 11) is 3.92. The maximum Gasteiger partial charge on any atom is 0.253 e. The minimum atomic E-state index is 0.0366. The fourth-order valence-electron chi connectivity index (χ4n) is 2.60. The zero-order valence-electron chi connectivity index (χ0n) is 14.5. The highest BCUT2D eigenvalue weighted by Crippen LogP contribution is 2.23. The third kappa shape index (κ3) is 4.20. The second-order valence-corrected chi connectivity index (χ2v) is 5.90. The smallest absolute Gasteiger partial charge is 0.253 e. The molecule has 0 bridgehead atoms. The molecule has 1 heterocycles. The predicted molar refractivity (Wildman–Crippen MR) is 93.3 cm³/mol. The van der Waals surface area contributed by atoms with E-state index in [0.29, 0.717) is 12.1 Å². The SMILES string of the molecule is CCCN(C)Cc1c[nH]nc1-c1cccc(C(=O)N(C)CC)c1. The van der Waals surface area contributed by atoms with Gasteiger partial charge in [0, 0.05) is 43.0 Å². The van der Waals surface area contributed by atoms with E-state index in [9.17, 15) is 4.79 Å². The predicted octanol–water partition coefficient (Wildman–Crippen LogP) is 3.01. The van der Waals surface area contributed by atoms with Crippen molar-refractivity contribution in [3.05, 3.63) is 41.6 Å². The van der Waals surface area contributed by atoms with E-state index in [1.807, 2.05) is 44.4 Å². The molecular formula is C18H26N4O. The van der Waals surface area contributed by atoms with Gasteiger partial charge in [0.2, 0.25) is 0 Å². The molecule has 5 nitrogen and oxygen atoms in total. The van der Waals surface area contributed by atoms with E-state index in [0.717, 1.165) is 36.3 Å². The minimum absolute atomic E-state index is 0.0366. The van der Waals surface area contributed by atoms with Crippen molar-refractivity contribution in [3.63, 3.8) is 0 Å². The highest BCUT2D eigenvalue weighted by atomic mass is 16.2. The van der Waals surface area contributed by atoms with Gasteiger partial charge in [0.25, 0.3) is 5.91 Å². The number of H-pyrrole nitrogens is 1. The highest BCUT2D eigenvalue weighted by Gasteiger charge is 2.14. The van der Waals surface area contributed by atoms with Crippen molar-refractivity contribution in [2.75, 3.05) is 27.2 Å². The molecule has 1 amide bonds. The van der Waals surface area contributed by atoms with Crippen molar-refractivity contribution in [2.24, 2.45) is 0 Å². The van der Waals surface area contributed by atoms with Gasteiger partial charge in [0.05, 0.1) is 5.69 Å². The lowest BCUT2D eigenvalue weighted by molar-refractivity contribution is 0.0802. The summed E-state index contributed by atoms with van der Waals surface area (Å²) in [5, 5.41) is 7.34. The Kier molecular flexibility index (Phi) is 5.93. The number of aromatic nitrogens is 2. The number of rotatable bonds is 7. The number of nitrogens with one attached hydrogen (secondary N) is 1. The molecule has 0 saturated carbocycles. The largest absolute Gasteiger partial charge is 0.342 e. The fraction of sp³-hybridized carbons (Fsp3) is 0.444. The van der Waals surface area contributed by atoms with E-state index < -0.39 is 0 Å². The third-order valence-corrected chi connectivity index (χ3v) is 3.97. The fourth-order valence-corrected chi connectivity index (χ4v) is 2.60. The first kappa shape index (κ1) is 17.2. The molecule has 0 atom stereocenters. The molecule has 5 heteroatoms. The van der Waals surface area contributed by atoms with E-state index in [1.165, 1.54) is 0 Å². The molecule has 1 N–H and O–H groups in total. The summed E-state index contributed by atoms with van der Waals surface area (Å²) in [5.41, 5.74) is 3.74. The van der Waals surface area contributed by atoms with Crippen LogP contribution in [-0.4, -0.2) is 53.1 Å². The zero-order valence-corrected chi connectivity index (χ0v) is 14.5. The van der Waals surface area contributed by atoms with Gasteiger partial charge in [-0.2, -0.15) is 5.10 Å². The number of carbonyl (C=O) groups excluding carboxylic acids is 1. The van der Waals surface area contributed by atoms with E-state index in [4.69, 9.17) is 0 Å². The van der Waals surface area contributed by atoms with Crippen molar-refractivity contribution >= 4 is 5.91 Å². The third-order valence-electron chi connectivity index (χ3n) is 3.97. The minimum Gasteiger partial charge on any atom is -0.342 e. The van der Waals surface area contributed by atoms with Crippen LogP contribution in [-0.2, 0) is 6.54 Å². The first-order valence-corrected chi connectivity index (χ1v) is 8.13. The van der Waals surface area contributed by atoms with Gasteiger partial charge in [-0.3, -0.25) is 9.89 Å². The van der Waals surface area contributed by atoms with Gasteiger partial charge in [0.15, 0.2) is 0 Å². The number of hydrogen-bond donors (Lipinski definition) is 1. The monoisotopic (exact) mass is 314 g/mol. The molecule has 0 radical (unpaired) electrons. The topological polar surface area (TPSA) is 52.2 Å². The van der Waals surface area contributed by atoms with Crippen LogP contribution in [0.15, 0.2) is 30.5 Å². The number of nitrogens with zero attached hydrogens (tertiary/aromatic N) is 3. The van der Waals surface area contributed by atoms with Crippen molar-refractivity contribution < 1.29 is 4.79 Å². The molecule has 0 saturated heterocycles. The highest BCUT2D eigenvalue weighted by molar-refractivity contribution is 5.95. The van der Waals surface area contributed by atoms with Crippen LogP contribution in [0.4, 0.5) is 0 Å². The molecule has 23 heavy (non-hydrogen) atoms. The molecule has 0 aliphatic heterocycles. The molecule has 124 valence electrons. The maximum atomic E-state index is 12.3. The summed E-state index contributed by atoms with van der Waals surface area (Å²) in [6, 6.07) is 7.70. The van der Waals surface area contributed by atoms with E-state index >= 15 is 0 Å². The van der Waals surface area contributed by atoms with Crippen molar-refractivity contribution in [1.29, 1.82) is 0 Å². The lowest BCUT2D eigenvalue weighted by atomic mass is 10.0. The average molecular weight is 314 g/mol. The number of aromatic amines is 1. The Morgan fingerprint density at radius 1 is 1.26 bits per heavy atom. The number of benzene rings is 1. The number of amides is 1. The second kappa shape index (κ2) is 7.92. The standard InChI is InChI=1S/C18H26N4O/c1-5-10-21(3)13-16-12-19-20-17(16)14-8-7-9-15(11-14)18(23)22(4)6-2/h7-9,11-12H,5-6,10,13H2,1-4H3,(H,19,20). The van der Waals surface area contributed by atoms with Crippen LogP contribution >= 0.6 is 0 Å². The van der Waals surface area contributed by atoms with Crippen LogP contribution in [0.3, 0.4) is 0 Å². The normalized spacial score (nSPS) is 11.0. The van der Waals surface area contributed by atoms with E-state index in [1.54, 1.807) is 4.90 Å². The summed E-state index contributed by atoms with van der Waals surface area (Å²) in [6.07, 6.45) is 3.06. The summed E-state index contributed by atoms with van der Waals surface area (Å²) >= 11 is 0. The Bertz CT molecular complexity index is 650. The van der Waals surface area contributed by atoms with Crippen molar-refractivity contribution in [1.82, 2.24) is 20.0 Å². The quantitative estimate of drug-likeness (QED) is 0.854. The van der Waals surface area contributed by atoms with Crippen LogP contribution in [0, 0.1) is 0 Å². The number of hydrogen-bond acceptors (Lipinski definition) is 3. The zero-order chi connectivity index (χ0) is 16.8. The number of carbonyl (C=O) groups is 1. The Hall–Kier alpha value is -2.14.